The summed E-state index contributed by atoms with van der Waals surface area (Å²) < 4.78 is 0. The van der Waals surface area contributed by atoms with Crippen molar-refractivity contribution in [3.8, 4) is 0 Å². The number of hydrogen-bond donors (Lipinski definition) is 2. The van der Waals surface area contributed by atoms with Gasteiger partial charge in [-0.3, -0.25) is 4.79 Å². The number of halogens is 1. The van der Waals surface area contributed by atoms with Crippen LogP contribution in [0.1, 0.15) is 23.2 Å². The van der Waals surface area contributed by atoms with E-state index in [2.05, 4.69) is 39.2 Å². The van der Waals surface area contributed by atoms with E-state index in [-0.39, 0.29) is 11.9 Å². The van der Waals surface area contributed by atoms with Gasteiger partial charge in [0.25, 0.3) is 5.91 Å². The predicted molar refractivity (Wildman–Crippen MR) is 120 cm³/mol. The number of carbonyl (C=O) groups is 1. The highest BCUT2D eigenvalue weighted by molar-refractivity contribution is 6.30. The molecule has 0 radical (unpaired) electrons. The minimum absolute atomic E-state index is 0.0286. The largest absolute Gasteiger partial charge is 0.397 e. The Hall–Kier alpha value is -2.58. The molecule has 1 aromatic heterocycles. The number of anilines is 3. The molecule has 0 saturated carbocycles. The molecule has 0 unspecified atom stereocenters. The topological polar surface area (TPSA) is 90.6 Å². The van der Waals surface area contributed by atoms with Crippen LogP contribution in [0.3, 0.4) is 0 Å². The zero-order chi connectivity index (χ0) is 21.3. The molecule has 3 heterocycles. The second-order valence-electron chi connectivity index (χ2n) is 8.23. The molecule has 2 atom stereocenters. The number of carbonyl (C=O) groups excluding carboxylic acids is 1. The third-order valence-corrected chi connectivity index (χ3v) is 6.14. The quantitative estimate of drug-likeness (QED) is 0.704. The zero-order valence-electron chi connectivity index (χ0n) is 17.4. The summed E-state index contributed by atoms with van der Waals surface area (Å²) in [5.74, 6) is 0.555. The molecule has 8 nitrogen and oxygen atoms in total. The normalized spacial score (nSPS) is 21.5. The number of nitrogens with zero attached hydrogens (tertiary/aromatic N) is 5. The third-order valence-electron chi connectivity index (χ3n) is 5.94. The standard InChI is InChI=1S/C21H28ClN7O/c1-27(2)17-6-8-28(13-17)19-9-14(3-4-18(19)23)20(30)29-7-5-16(12-29)26-21-24-10-15(22)11-25-21/h3-4,9-11,16-17H,5-8,12-13,23H2,1-2H3,(H,24,25,26)/t16-,17+/m1/s1. The Morgan fingerprint density at radius 1 is 1.20 bits per heavy atom. The lowest BCUT2D eigenvalue weighted by atomic mass is 10.1. The number of likely N-dealkylation sites (N-methyl/N-ethyl adjacent to an activating group) is 1. The van der Waals surface area contributed by atoms with E-state index in [4.69, 9.17) is 17.3 Å². The van der Waals surface area contributed by atoms with Crippen molar-refractivity contribution in [2.24, 2.45) is 0 Å². The van der Waals surface area contributed by atoms with Crippen LogP contribution in [0.15, 0.2) is 30.6 Å². The van der Waals surface area contributed by atoms with E-state index in [9.17, 15) is 4.79 Å². The lowest BCUT2D eigenvalue weighted by Gasteiger charge is -2.24. The van der Waals surface area contributed by atoms with Gasteiger partial charge in [-0.2, -0.15) is 0 Å². The fraction of sp³-hybridized carbons (Fsp3) is 0.476. The zero-order valence-corrected chi connectivity index (χ0v) is 18.1. The van der Waals surface area contributed by atoms with Gasteiger partial charge >= 0.3 is 0 Å². The van der Waals surface area contributed by atoms with Crippen LogP contribution in [0.2, 0.25) is 5.02 Å². The molecule has 2 fully saturated rings. The number of benzene rings is 1. The summed E-state index contributed by atoms with van der Waals surface area (Å²) in [5, 5.41) is 3.78. The highest BCUT2D eigenvalue weighted by Gasteiger charge is 2.29. The maximum absolute atomic E-state index is 13.1. The number of amides is 1. The van der Waals surface area contributed by atoms with Crippen LogP contribution >= 0.6 is 11.6 Å². The Balaban J connectivity index is 1.42. The fourth-order valence-electron chi connectivity index (χ4n) is 4.15. The molecule has 9 heteroatoms. The van der Waals surface area contributed by atoms with Crippen LogP contribution in [0.4, 0.5) is 17.3 Å². The van der Waals surface area contributed by atoms with Crippen LogP contribution in [0.25, 0.3) is 0 Å². The number of hydrogen-bond acceptors (Lipinski definition) is 7. The molecule has 0 spiro atoms. The monoisotopic (exact) mass is 429 g/mol. The van der Waals surface area contributed by atoms with Crippen LogP contribution in [-0.2, 0) is 0 Å². The fourth-order valence-corrected chi connectivity index (χ4v) is 4.24. The van der Waals surface area contributed by atoms with Crippen LogP contribution in [0, 0.1) is 0 Å². The van der Waals surface area contributed by atoms with Crippen LogP contribution < -0.4 is 16.0 Å². The first-order valence-corrected chi connectivity index (χ1v) is 10.6. The number of aromatic nitrogens is 2. The molecule has 1 amide bonds. The van der Waals surface area contributed by atoms with E-state index in [1.165, 1.54) is 0 Å². The van der Waals surface area contributed by atoms with E-state index >= 15 is 0 Å². The summed E-state index contributed by atoms with van der Waals surface area (Å²) in [6.45, 7) is 3.17. The summed E-state index contributed by atoms with van der Waals surface area (Å²) >= 11 is 5.83. The molecule has 4 rings (SSSR count). The lowest BCUT2D eigenvalue weighted by molar-refractivity contribution is 0.0791. The lowest BCUT2D eigenvalue weighted by Crippen LogP contribution is -2.33. The molecule has 2 saturated heterocycles. The Labute approximate surface area is 182 Å². The molecule has 2 aromatic rings. The molecule has 3 N–H and O–H groups in total. The molecule has 2 aliphatic rings. The highest BCUT2D eigenvalue weighted by atomic mass is 35.5. The summed E-state index contributed by atoms with van der Waals surface area (Å²) in [4.78, 5) is 27.9. The molecule has 1 aromatic carbocycles. The summed E-state index contributed by atoms with van der Waals surface area (Å²) in [5.41, 5.74) is 8.59. The van der Waals surface area contributed by atoms with Crippen molar-refractivity contribution in [2.75, 3.05) is 56.2 Å². The second kappa shape index (κ2) is 8.65. The molecular formula is C21H28ClN7O. The van der Waals surface area contributed by atoms with Crippen molar-refractivity contribution < 1.29 is 4.79 Å². The number of likely N-dealkylation sites (tertiary alicyclic amines) is 1. The van der Waals surface area contributed by atoms with Crippen molar-refractivity contribution >= 4 is 34.8 Å². The minimum Gasteiger partial charge on any atom is -0.397 e. The van der Waals surface area contributed by atoms with Gasteiger partial charge in [-0.05, 0) is 45.1 Å². The van der Waals surface area contributed by atoms with Crippen LogP contribution in [-0.4, -0.2) is 78.0 Å². The highest BCUT2D eigenvalue weighted by Crippen LogP contribution is 2.30. The second-order valence-corrected chi connectivity index (χ2v) is 8.67. The van der Waals surface area contributed by atoms with E-state index < -0.39 is 0 Å². The Bertz CT molecular complexity index is 905. The predicted octanol–water partition coefficient (Wildman–Crippen LogP) is 2.18. The molecule has 160 valence electrons. The first kappa shape index (κ1) is 20.7. The molecule has 0 aliphatic carbocycles. The van der Waals surface area contributed by atoms with Gasteiger partial charge in [0.2, 0.25) is 5.95 Å². The van der Waals surface area contributed by atoms with Crippen molar-refractivity contribution in [3.63, 3.8) is 0 Å². The van der Waals surface area contributed by atoms with E-state index in [1.54, 1.807) is 12.4 Å². The van der Waals surface area contributed by atoms with Gasteiger partial charge in [-0.25, -0.2) is 9.97 Å². The van der Waals surface area contributed by atoms with Crippen molar-refractivity contribution in [1.29, 1.82) is 0 Å². The average Bonchev–Trinajstić information content (AvgIpc) is 3.40. The smallest absolute Gasteiger partial charge is 0.254 e. The van der Waals surface area contributed by atoms with E-state index in [0.29, 0.717) is 41.4 Å². The van der Waals surface area contributed by atoms with Crippen molar-refractivity contribution in [3.05, 3.63) is 41.2 Å². The van der Waals surface area contributed by atoms with Gasteiger partial charge in [0, 0.05) is 43.8 Å². The minimum atomic E-state index is 0.0286. The average molecular weight is 430 g/mol. The van der Waals surface area contributed by atoms with Gasteiger partial charge in [0.1, 0.15) is 0 Å². The van der Waals surface area contributed by atoms with Gasteiger partial charge in [0.05, 0.1) is 28.8 Å². The van der Waals surface area contributed by atoms with Gasteiger partial charge in [0.15, 0.2) is 0 Å². The molecule has 30 heavy (non-hydrogen) atoms. The number of nitrogens with two attached hydrogens (primary N) is 1. The van der Waals surface area contributed by atoms with Crippen molar-refractivity contribution in [2.45, 2.75) is 24.9 Å². The number of nitrogens with one attached hydrogen (secondary N) is 1. The first-order chi connectivity index (χ1) is 14.4. The molecule has 2 aliphatic heterocycles. The summed E-state index contributed by atoms with van der Waals surface area (Å²) in [7, 11) is 4.20. The Morgan fingerprint density at radius 2 is 1.97 bits per heavy atom. The molecule has 0 bridgehead atoms. The Kier molecular flexibility index (Phi) is 5.97. The first-order valence-electron chi connectivity index (χ1n) is 10.2. The maximum atomic E-state index is 13.1. The van der Waals surface area contributed by atoms with E-state index in [0.717, 1.165) is 31.6 Å². The van der Waals surface area contributed by atoms with Gasteiger partial charge in [-0.15, -0.1) is 0 Å². The van der Waals surface area contributed by atoms with Gasteiger partial charge < -0.3 is 25.8 Å². The van der Waals surface area contributed by atoms with Crippen LogP contribution in [0.5, 0.6) is 0 Å². The number of nitrogen functional groups attached to an aromatic ring is 1. The molecular weight excluding hydrogens is 402 g/mol. The number of rotatable bonds is 5. The van der Waals surface area contributed by atoms with E-state index in [1.807, 2.05) is 23.1 Å². The summed E-state index contributed by atoms with van der Waals surface area (Å²) in [6.07, 6.45) is 5.06. The Morgan fingerprint density at radius 3 is 2.67 bits per heavy atom. The summed E-state index contributed by atoms with van der Waals surface area (Å²) in [6, 6.07) is 6.23. The third kappa shape index (κ3) is 4.44. The van der Waals surface area contributed by atoms with Gasteiger partial charge in [-0.1, -0.05) is 11.6 Å². The van der Waals surface area contributed by atoms with Crippen molar-refractivity contribution in [1.82, 2.24) is 19.8 Å². The maximum Gasteiger partial charge on any atom is 0.254 e. The SMILES string of the molecule is CN(C)[C@H]1CCN(c2cc(C(=O)N3CC[C@@H](Nc4ncc(Cl)cn4)C3)ccc2N)C1.